The van der Waals surface area contributed by atoms with Crippen LogP contribution in [0, 0.1) is 6.92 Å². The molecule has 0 spiro atoms. The highest BCUT2D eigenvalue weighted by Crippen LogP contribution is 2.36. The molecule has 33 heavy (non-hydrogen) atoms. The molecule has 5 rings (SSSR count). The van der Waals surface area contributed by atoms with Crippen LogP contribution < -0.4 is 20.9 Å². The van der Waals surface area contributed by atoms with Crippen LogP contribution in [0.15, 0.2) is 53.7 Å². The Kier molecular flexibility index (Phi) is 5.75. The maximum Gasteiger partial charge on any atom is 0.259 e. The fraction of sp³-hybridized carbons (Fsp3) is 0.280. The van der Waals surface area contributed by atoms with E-state index >= 15 is 0 Å². The molecule has 1 aliphatic heterocycles. The Bertz CT molecular complexity index is 1360. The number of H-pyrrole nitrogens is 1. The van der Waals surface area contributed by atoms with E-state index in [0.717, 1.165) is 37.0 Å². The van der Waals surface area contributed by atoms with Gasteiger partial charge in [-0.15, -0.1) is 0 Å². The van der Waals surface area contributed by atoms with E-state index in [1.807, 2.05) is 18.2 Å². The molecule has 1 saturated heterocycles. The molecule has 1 radical (unpaired) electrons. The minimum absolute atomic E-state index is 0.198. The summed E-state index contributed by atoms with van der Waals surface area (Å²) in [6.45, 7) is 3.89. The lowest BCUT2D eigenvalue weighted by molar-refractivity contribution is 0.396. The third kappa shape index (κ3) is 4.17. The first-order chi connectivity index (χ1) is 16.1. The molecule has 4 aromatic rings. The Labute approximate surface area is 191 Å². The van der Waals surface area contributed by atoms with Crippen LogP contribution in [-0.4, -0.2) is 40.1 Å². The van der Waals surface area contributed by atoms with Crippen molar-refractivity contribution in [2.75, 3.05) is 25.5 Å². The highest BCUT2D eigenvalue weighted by molar-refractivity contribution is 5.95. The number of aromatic amines is 1. The summed E-state index contributed by atoms with van der Waals surface area (Å²) in [5, 5.41) is 9.27. The largest absolute Gasteiger partial charge is 0.480 e. The lowest BCUT2D eigenvalue weighted by atomic mass is 9.86. The van der Waals surface area contributed by atoms with Crippen molar-refractivity contribution in [3.05, 3.63) is 70.4 Å². The molecule has 0 bridgehead atoms. The Hall–Kier alpha value is -3.78. The second-order valence-corrected chi connectivity index (χ2v) is 8.18. The van der Waals surface area contributed by atoms with Crippen molar-refractivity contribution in [3.8, 4) is 17.3 Å². The van der Waals surface area contributed by atoms with Gasteiger partial charge in [0.2, 0.25) is 5.88 Å². The van der Waals surface area contributed by atoms with E-state index in [1.165, 1.54) is 11.1 Å². The van der Waals surface area contributed by atoms with Crippen molar-refractivity contribution in [3.63, 3.8) is 0 Å². The van der Waals surface area contributed by atoms with Gasteiger partial charge in [0.25, 0.3) is 5.56 Å². The average molecular weight is 442 g/mol. The number of hydrogen-bond donors (Lipinski definition) is 2. The molecule has 0 aliphatic carbocycles. The normalized spacial score (nSPS) is 14.4. The quantitative estimate of drug-likeness (QED) is 0.486. The number of nitrogens with one attached hydrogen (secondary N) is 2. The Morgan fingerprint density at radius 2 is 1.94 bits per heavy atom. The van der Waals surface area contributed by atoms with Crippen LogP contribution >= 0.6 is 0 Å². The van der Waals surface area contributed by atoms with Crippen molar-refractivity contribution in [2.45, 2.75) is 25.7 Å². The number of anilines is 2. The highest BCUT2D eigenvalue weighted by Gasteiger charge is 2.22. The molecule has 2 N–H and O–H groups in total. The number of nitrogens with zero attached hydrogens (tertiary/aromatic N) is 4. The molecule has 0 amide bonds. The van der Waals surface area contributed by atoms with Gasteiger partial charge < -0.3 is 15.0 Å². The second kappa shape index (κ2) is 8.99. The molecule has 1 aliphatic rings. The van der Waals surface area contributed by atoms with Gasteiger partial charge >= 0.3 is 0 Å². The number of aromatic nitrogens is 4. The van der Waals surface area contributed by atoms with E-state index in [4.69, 9.17) is 9.72 Å². The lowest BCUT2D eigenvalue weighted by Crippen LogP contribution is -2.22. The molecular weight excluding hydrogens is 416 g/mol. The third-order valence-corrected chi connectivity index (χ3v) is 6.10. The number of aryl methyl sites for hydroxylation is 1. The van der Waals surface area contributed by atoms with Crippen molar-refractivity contribution in [1.29, 1.82) is 0 Å². The number of piperidine rings is 1. The predicted octanol–water partition coefficient (Wildman–Crippen LogP) is 3.92. The molecule has 8 nitrogen and oxygen atoms in total. The first kappa shape index (κ1) is 21.1. The zero-order chi connectivity index (χ0) is 22.8. The molecule has 8 heteroatoms. The summed E-state index contributed by atoms with van der Waals surface area (Å²) in [6.07, 6.45) is 6.86. The highest BCUT2D eigenvalue weighted by atomic mass is 16.5. The first-order valence-corrected chi connectivity index (χ1v) is 11.0. The van der Waals surface area contributed by atoms with Gasteiger partial charge in [0.15, 0.2) is 0 Å². The van der Waals surface area contributed by atoms with Gasteiger partial charge in [0.1, 0.15) is 11.5 Å². The van der Waals surface area contributed by atoms with E-state index in [9.17, 15) is 4.79 Å². The van der Waals surface area contributed by atoms with Gasteiger partial charge in [-0.3, -0.25) is 9.78 Å². The summed E-state index contributed by atoms with van der Waals surface area (Å²) in [4.78, 5) is 29.1. The summed E-state index contributed by atoms with van der Waals surface area (Å²) in [5.41, 5.74) is 4.43. The Morgan fingerprint density at radius 3 is 2.76 bits per heavy atom. The first-order valence-electron chi connectivity index (χ1n) is 11.0. The summed E-state index contributed by atoms with van der Waals surface area (Å²) >= 11 is 0. The molecule has 1 aromatic carbocycles. The van der Waals surface area contributed by atoms with Gasteiger partial charge in [-0.25, -0.2) is 15.3 Å². The van der Waals surface area contributed by atoms with E-state index in [1.54, 1.807) is 25.7 Å². The van der Waals surface area contributed by atoms with Crippen molar-refractivity contribution in [1.82, 2.24) is 25.3 Å². The van der Waals surface area contributed by atoms with Crippen molar-refractivity contribution < 1.29 is 4.74 Å². The number of methoxy groups -OCH3 is 1. The third-order valence-electron chi connectivity index (χ3n) is 6.10. The van der Waals surface area contributed by atoms with Crippen LogP contribution in [-0.2, 0) is 0 Å². The topological polar surface area (TPSA) is 107 Å². The zero-order valence-corrected chi connectivity index (χ0v) is 18.6. The molecule has 0 saturated carbocycles. The SMILES string of the molecule is COc1cncc(-c2cc3cc[nH]c(=O)c3c(Nc3cccc(C)c3C3CC[N]CC3)n2)n1. The minimum Gasteiger partial charge on any atom is -0.480 e. The van der Waals surface area contributed by atoms with Crippen molar-refractivity contribution >= 4 is 22.3 Å². The molecule has 167 valence electrons. The fourth-order valence-corrected chi connectivity index (χ4v) is 4.50. The molecule has 0 unspecified atom stereocenters. The van der Waals surface area contributed by atoms with Gasteiger partial charge in [-0.05, 0) is 60.4 Å². The standard InChI is InChI=1S/C25H25N6O2/c1-15-4-3-5-18(22(15)16-6-9-26-10-7-16)30-24-23-17(8-11-28-25(23)32)12-19(31-24)20-13-27-14-21(29-20)33-2/h3-5,8,11-14,16H,6-7,9-10H2,1-2H3,(H,28,32)(H,30,31). The fourth-order valence-electron chi connectivity index (χ4n) is 4.50. The summed E-state index contributed by atoms with van der Waals surface area (Å²) in [5.74, 6) is 1.31. The lowest BCUT2D eigenvalue weighted by Gasteiger charge is -2.26. The molecule has 0 atom stereocenters. The molecule has 4 heterocycles. The summed E-state index contributed by atoms with van der Waals surface area (Å²) in [6, 6.07) is 9.92. The number of fused-ring (bicyclic) bond motifs is 1. The zero-order valence-electron chi connectivity index (χ0n) is 18.6. The van der Waals surface area contributed by atoms with Crippen molar-refractivity contribution in [2.24, 2.45) is 0 Å². The maximum absolute atomic E-state index is 12.8. The van der Waals surface area contributed by atoms with Gasteiger partial charge in [0.05, 0.1) is 30.6 Å². The summed E-state index contributed by atoms with van der Waals surface area (Å²) in [7, 11) is 1.55. The van der Waals surface area contributed by atoms with E-state index in [-0.39, 0.29) is 5.56 Å². The van der Waals surface area contributed by atoms with Crippen LogP contribution in [0.1, 0.15) is 29.9 Å². The molecule has 1 fully saturated rings. The number of rotatable bonds is 5. The summed E-state index contributed by atoms with van der Waals surface area (Å²) < 4.78 is 5.23. The van der Waals surface area contributed by atoms with E-state index in [2.05, 4.69) is 44.6 Å². The average Bonchev–Trinajstić information content (AvgIpc) is 2.84. The van der Waals surface area contributed by atoms with Crippen LogP contribution in [0.3, 0.4) is 0 Å². The van der Waals surface area contributed by atoms with E-state index in [0.29, 0.717) is 34.4 Å². The monoisotopic (exact) mass is 441 g/mol. The van der Waals surface area contributed by atoms with Crippen LogP contribution in [0.25, 0.3) is 22.2 Å². The van der Waals surface area contributed by atoms with Crippen LogP contribution in [0.4, 0.5) is 11.5 Å². The molecular formula is C25H25N6O2. The van der Waals surface area contributed by atoms with Crippen LogP contribution in [0.2, 0.25) is 0 Å². The minimum atomic E-state index is -0.198. The van der Waals surface area contributed by atoms with Gasteiger partial charge in [-0.1, -0.05) is 12.1 Å². The Balaban J connectivity index is 1.65. The van der Waals surface area contributed by atoms with E-state index < -0.39 is 0 Å². The Morgan fingerprint density at radius 1 is 1.09 bits per heavy atom. The number of benzene rings is 1. The van der Waals surface area contributed by atoms with Crippen LogP contribution in [0.5, 0.6) is 5.88 Å². The predicted molar refractivity (Wildman–Crippen MR) is 128 cm³/mol. The smallest absolute Gasteiger partial charge is 0.259 e. The molecule has 3 aromatic heterocycles. The number of hydrogen-bond acceptors (Lipinski definition) is 6. The van der Waals surface area contributed by atoms with Gasteiger partial charge in [0, 0.05) is 25.0 Å². The number of pyridine rings is 2. The maximum atomic E-state index is 12.8. The second-order valence-electron chi connectivity index (χ2n) is 8.18. The number of ether oxygens (including phenoxy) is 1. The van der Waals surface area contributed by atoms with Gasteiger partial charge in [-0.2, -0.15) is 0 Å².